The molecule has 278 valence electrons. The molecule has 52 heavy (non-hydrogen) atoms. The number of piperidine rings is 1. The van der Waals surface area contributed by atoms with Crippen LogP contribution in [0.25, 0.3) is 21.8 Å². The first-order valence-corrected chi connectivity index (χ1v) is 17.5. The van der Waals surface area contributed by atoms with Gasteiger partial charge in [-0.3, -0.25) is 14.4 Å². The molecule has 5 amide bonds. The van der Waals surface area contributed by atoms with Gasteiger partial charge in [0.2, 0.25) is 18.2 Å². The fourth-order valence-corrected chi connectivity index (χ4v) is 6.36. The summed E-state index contributed by atoms with van der Waals surface area (Å²) in [5.74, 6) is -1.16. The SMILES string of the molecule is CC(C)(C)OC(=O)NC1(C(=O)N[C@H](Cc2c[nH]c3ccccc23)C(=O)N[C@H](Cc2c[nH]c3ccccc23)NC=O)CCN(C(=O)OC(C)(C)C)CC1. The second kappa shape index (κ2) is 15.4. The van der Waals surface area contributed by atoms with E-state index in [0.717, 1.165) is 32.9 Å². The normalized spacial score (nSPS) is 15.7. The zero-order valence-corrected chi connectivity index (χ0v) is 30.6. The van der Waals surface area contributed by atoms with Crippen molar-refractivity contribution in [3.63, 3.8) is 0 Å². The number of likely N-dealkylation sites (tertiary alicyclic amines) is 1. The Morgan fingerprint density at radius 2 is 1.35 bits per heavy atom. The molecule has 4 aromatic rings. The van der Waals surface area contributed by atoms with E-state index in [-0.39, 0.29) is 38.8 Å². The molecule has 0 unspecified atom stereocenters. The lowest BCUT2D eigenvalue weighted by Crippen LogP contribution is -2.66. The van der Waals surface area contributed by atoms with E-state index in [9.17, 15) is 24.0 Å². The van der Waals surface area contributed by atoms with Gasteiger partial charge in [-0.25, -0.2) is 9.59 Å². The second-order valence-corrected chi connectivity index (χ2v) is 15.2. The fourth-order valence-electron chi connectivity index (χ4n) is 6.36. The van der Waals surface area contributed by atoms with Crippen LogP contribution < -0.4 is 21.3 Å². The molecular weight excluding hydrogens is 666 g/mol. The van der Waals surface area contributed by atoms with Crippen molar-refractivity contribution < 1.29 is 33.4 Å². The third-order valence-corrected chi connectivity index (χ3v) is 8.85. The Labute approximate surface area is 302 Å². The highest BCUT2D eigenvalue weighted by atomic mass is 16.6. The van der Waals surface area contributed by atoms with Gasteiger partial charge in [-0.2, -0.15) is 0 Å². The van der Waals surface area contributed by atoms with Gasteiger partial charge in [0.05, 0.1) is 0 Å². The Kier molecular flexibility index (Phi) is 11.2. The molecule has 14 nitrogen and oxygen atoms in total. The highest BCUT2D eigenvalue weighted by Crippen LogP contribution is 2.27. The van der Waals surface area contributed by atoms with Crippen LogP contribution in [0.15, 0.2) is 60.9 Å². The monoisotopic (exact) mass is 715 g/mol. The van der Waals surface area contributed by atoms with Gasteiger partial charge in [-0.1, -0.05) is 36.4 Å². The number of hydrogen-bond acceptors (Lipinski definition) is 7. The zero-order valence-electron chi connectivity index (χ0n) is 30.6. The van der Waals surface area contributed by atoms with Crippen LogP contribution in [-0.4, -0.2) is 87.3 Å². The van der Waals surface area contributed by atoms with Crippen molar-refractivity contribution in [2.24, 2.45) is 0 Å². The van der Waals surface area contributed by atoms with Gasteiger partial charge in [0.1, 0.15) is 28.9 Å². The summed E-state index contributed by atoms with van der Waals surface area (Å²) >= 11 is 0. The Bertz CT molecular complexity index is 1910. The number of carbonyl (C=O) groups excluding carboxylic acids is 5. The van der Waals surface area contributed by atoms with E-state index in [2.05, 4.69) is 31.2 Å². The summed E-state index contributed by atoms with van der Waals surface area (Å²) in [5.41, 5.74) is 0.350. The molecule has 6 N–H and O–H groups in total. The number of carbonyl (C=O) groups is 5. The number of benzene rings is 2. The number of rotatable bonds is 11. The summed E-state index contributed by atoms with van der Waals surface area (Å²) in [6.45, 7) is 10.7. The minimum Gasteiger partial charge on any atom is -0.444 e. The molecule has 0 spiro atoms. The summed E-state index contributed by atoms with van der Waals surface area (Å²) in [6.07, 6.45) is 2.43. The average Bonchev–Trinajstić information content (AvgIpc) is 3.67. The fraction of sp³-hybridized carbons (Fsp3) is 0.447. The van der Waals surface area contributed by atoms with E-state index < -0.39 is 52.9 Å². The van der Waals surface area contributed by atoms with Gasteiger partial charge in [-0.05, 0) is 77.6 Å². The van der Waals surface area contributed by atoms with Crippen molar-refractivity contribution in [1.29, 1.82) is 0 Å². The van der Waals surface area contributed by atoms with Crippen molar-refractivity contribution in [1.82, 2.24) is 36.1 Å². The van der Waals surface area contributed by atoms with Crippen LogP contribution in [0.3, 0.4) is 0 Å². The standard InChI is InChI=1S/C38H49N7O7/c1-36(2,3)51-34(49)44-38(15-17-45(18-16-38)35(50)52-37(4,5)6)33(48)42-30(19-24-21-39-28-13-9-7-11-26(24)28)32(47)43-31(41-23-46)20-25-22-40-29-14-10-8-12-27(25)29/h7-14,21-23,30-31,39-40H,15-20H2,1-6H3,(H,41,46)(H,42,48)(H,43,47)(H,44,49)/t30-,31-/m1/s1. The Balaban J connectivity index is 1.42. The quantitative estimate of drug-likeness (QED) is 0.0981. The van der Waals surface area contributed by atoms with E-state index in [4.69, 9.17) is 9.47 Å². The number of amides is 5. The van der Waals surface area contributed by atoms with Gasteiger partial charge in [0, 0.05) is 60.1 Å². The lowest BCUT2D eigenvalue weighted by molar-refractivity contribution is -0.134. The summed E-state index contributed by atoms with van der Waals surface area (Å²) in [7, 11) is 0. The van der Waals surface area contributed by atoms with Crippen LogP contribution in [0.2, 0.25) is 0 Å². The molecule has 0 saturated carbocycles. The number of nitrogens with one attached hydrogen (secondary N) is 6. The molecule has 5 rings (SSSR count). The first-order chi connectivity index (χ1) is 24.6. The maximum Gasteiger partial charge on any atom is 0.410 e. The lowest BCUT2D eigenvalue weighted by Gasteiger charge is -2.41. The highest BCUT2D eigenvalue weighted by Gasteiger charge is 2.46. The van der Waals surface area contributed by atoms with Crippen LogP contribution in [-0.2, 0) is 36.7 Å². The van der Waals surface area contributed by atoms with Crippen LogP contribution in [0, 0.1) is 0 Å². The van der Waals surface area contributed by atoms with Crippen molar-refractivity contribution in [2.45, 2.75) is 96.2 Å². The maximum atomic E-state index is 14.5. The van der Waals surface area contributed by atoms with E-state index >= 15 is 0 Å². The van der Waals surface area contributed by atoms with E-state index in [1.807, 2.05) is 54.7 Å². The van der Waals surface area contributed by atoms with Crippen molar-refractivity contribution in [2.75, 3.05) is 13.1 Å². The number of nitrogens with zero attached hydrogens (tertiary/aromatic N) is 1. The summed E-state index contributed by atoms with van der Waals surface area (Å²) in [5, 5.41) is 13.1. The minimum absolute atomic E-state index is 0.0363. The second-order valence-electron chi connectivity index (χ2n) is 15.2. The van der Waals surface area contributed by atoms with Gasteiger partial charge < -0.3 is 45.6 Å². The van der Waals surface area contributed by atoms with E-state index in [1.165, 1.54) is 4.90 Å². The third kappa shape index (κ3) is 9.42. The van der Waals surface area contributed by atoms with Crippen LogP contribution >= 0.6 is 0 Å². The van der Waals surface area contributed by atoms with Gasteiger partial charge in [0.25, 0.3) is 0 Å². The number of ether oxygens (including phenoxy) is 2. The topological polar surface area (TPSA) is 187 Å². The molecule has 0 aliphatic carbocycles. The number of para-hydroxylation sites is 2. The molecule has 0 radical (unpaired) electrons. The summed E-state index contributed by atoms with van der Waals surface area (Å²) < 4.78 is 11.1. The molecule has 0 bridgehead atoms. The van der Waals surface area contributed by atoms with E-state index in [0.29, 0.717) is 6.41 Å². The van der Waals surface area contributed by atoms with Crippen molar-refractivity contribution in [3.8, 4) is 0 Å². The molecule has 3 heterocycles. The third-order valence-electron chi connectivity index (χ3n) is 8.85. The minimum atomic E-state index is -1.52. The van der Waals surface area contributed by atoms with E-state index in [1.54, 1.807) is 47.7 Å². The highest BCUT2D eigenvalue weighted by molar-refractivity contribution is 5.95. The molecule has 1 fully saturated rings. The molecule has 1 aliphatic rings. The molecular formula is C38H49N7O7. The number of alkyl carbamates (subject to hydrolysis) is 1. The van der Waals surface area contributed by atoms with Gasteiger partial charge in [0.15, 0.2) is 0 Å². The predicted molar refractivity (Wildman–Crippen MR) is 196 cm³/mol. The summed E-state index contributed by atoms with van der Waals surface area (Å²) in [6, 6.07) is 14.2. The van der Waals surface area contributed by atoms with Gasteiger partial charge >= 0.3 is 12.2 Å². The van der Waals surface area contributed by atoms with Crippen LogP contribution in [0.1, 0.15) is 65.5 Å². The van der Waals surface area contributed by atoms with Crippen molar-refractivity contribution in [3.05, 3.63) is 72.1 Å². The average molecular weight is 716 g/mol. The molecule has 1 saturated heterocycles. The number of hydrogen-bond donors (Lipinski definition) is 6. The number of aromatic nitrogens is 2. The molecule has 14 heteroatoms. The Morgan fingerprint density at radius 3 is 1.88 bits per heavy atom. The Hall–Kier alpha value is -5.53. The first kappa shape index (κ1) is 37.7. The van der Waals surface area contributed by atoms with Crippen LogP contribution in [0.4, 0.5) is 9.59 Å². The summed E-state index contributed by atoms with van der Waals surface area (Å²) in [4.78, 5) is 74.4. The first-order valence-electron chi connectivity index (χ1n) is 17.5. The number of aromatic amines is 2. The predicted octanol–water partition coefficient (Wildman–Crippen LogP) is 4.40. The van der Waals surface area contributed by atoms with Gasteiger partial charge in [-0.15, -0.1) is 0 Å². The largest absolute Gasteiger partial charge is 0.444 e. The Morgan fingerprint density at radius 1 is 0.808 bits per heavy atom. The number of fused-ring (bicyclic) bond motifs is 2. The lowest BCUT2D eigenvalue weighted by atomic mass is 9.86. The maximum absolute atomic E-state index is 14.5. The molecule has 2 aromatic carbocycles. The molecule has 2 aromatic heterocycles. The number of H-pyrrole nitrogens is 2. The molecule has 1 aliphatic heterocycles. The molecule has 2 atom stereocenters. The zero-order chi connectivity index (χ0) is 37.7. The van der Waals surface area contributed by atoms with Crippen LogP contribution in [0.5, 0.6) is 0 Å². The smallest absolute Gasteiger partial charge is 0.410 e. The van der Waals surface area contributed by atoms with Crippen molar-refractivity contribution >= 4 is 52.2 Å².